The lowest BCUT2D eigenvalue weighted by Crippen LogP contribution is -2.37. The molecule has 2 nitrogen and oxygen atoms in total. The second-order valence-electron chi connectivity index (χ2n) is 4.06. The van der Waals surface area contributed by atoms with Gasteiger partial charge in [0, 0.05) is 5.92 Å². The molecule has 80 valence electrons. The summed E-state index contributed by atoms with van der Waals surface area (Å²) in [6.07, 6.45) is 2.03. The summed E-state index contributed by atoms with van der Waals surface area (Å²) in [6, 6.07) is 8.01. The van der Waals surface area contributed by atoms with Crippen LogP contribution in [0.15, 0.2) is 24.3 Å². The zero-order chi connectivity index (χ0) is 10.8. The molecule has 0 spiro atoms. The lowest BCUT2D eigenvalue weighted by atomic mass is 9.83. The molecule has 2 rings (SSSR count). The fourth-order valence-corrected chi connectivity index (χ4v) is 1.99. The maximum absolute atomic E-state index is 9.19. The number of aryl methyl sites for hydroxylation is 1. The van der Waals surface area contributed by atoms with E-state index in [9.17, 15) is 5.11 Å². The van der Waals surface area contributed by atoms with E-state index in [4.69, 9.17) is 4.74 Å². The third-order valence-electron chi connectivity index (χ3n) is 2.87. The number of hydrogen-bond acceptors (Lipinski definition) is 1. The Hall–Kier alpha value is -0.850. The van der Waals surface area contributed by atoms with Crippen molar-refractivity contribution in [3.8, 4) is 5.75 Å². The zero-order valence-corrected chi connectivity index (χ0v) is 9.73. The molecule has 0 heterocycles. The number of para-hydroxylation sites is 1. The topological polar surface area (TPSA) is 29.5 Å². The maximum atomic E-state index is 9.19. The lowest BCUT2D eigenvalue weighted by molar-refractivity contribution is 0.0876. The van der Waals surface area contributed by atoms with Crippen molar-refractivity contribution in [2.45, 2.75) is 25.9 Å². The number of aliphatic hydroxyl groups is 1. The minimum atomic E-state index is 0.245. The summed E-state index contributed by atoms with van der Waals surface area (Å²) in [5.41, 5.74) is 1.51. The molecule has 1 aliphatic rings. The van der Waals surface area contributed by atoms with E-state index in [0.29, 0.717) is 5.48 Å². The summed E-state index contributed by atoms with van der Waals surface area (Å²) in [4.78, 5) is 0. The molecule has 0 saturated heterocycles. The summed E-state index contributed by atoms with van der Waals surface area (Å²) in [7, 11) is 3.14. The number of ether oxygens (including phenoxy) is 1. The van der Waals surface area contributed by atoms with Crippen molar-refractivity contribution in [2.75, 3.05) is 0 Å². The third-order valence-corrected chi connectivity index (χ3v) is 3.28. The van der Waals surface area contributed by atoms with Gasteiger partial charge in [0.25, 0.3) is 0 Å². The van der Waals surface area contributed by atoms with Gasteiger partial charge in [-0.15, -0.1) is 0 Å². The van der Waals surface area contributed by atoms with Crippen LogP contribution < -0.4 is 4.74 Å². The minimum Gasteiger partial charge on any atom is -0.490 e. The Morgan fingerprint density at radius 2 is 2.07 bits per heavy atom. The van der Waals surface area contributed by atoms with E-state index in [0.717, 1.165) is 24.2 Å². The fraction of sp³-hybridized carbons (Fsp3) is 0.417. The van der Waals surface area contributed by atoms with Crippen LogP contribution in [0.3, 0.4) is 0 Å². The smallest absolute Gasteiger partial charge is 0.122 e. The molecular weight excluding hydrogens is 207 g/mol. The van der Waals surface area contributed by atoms with Crippen molar-refractivity contribution in [3.63, 3.8) is 0 Å². The highest BCUT2D eigenvalue weighted by atomic mass is 31.0. The van der Waals surface area contributed by atoms with Crippen molar-refractivity contribution >= 4 is 14.3 Å². The van der Waals surface area contributed by atoms with Gasteiger partial charge < -0.3 is 9.84 Å². The predicted octanol–water partition coefficient (Wildman–Crippen LogP) is 2.80. The zero-order valence-electron chi connectivity index (χ0n) is 8.73. The molecule has 1 N–H and O–H groups in total. The molecular formula is C12H15O2P. The van der Waals surface area contributed by atoms with Crippen LogP contribution in [-0.2, 0) is 0 Å². The van der Waals surface area contributed by atoms with Gasteiger partial charge in [0.05, 0.1) is 5.48 Å². The maximum Gasteiger partial charge on any atom is 0.122 e. The van der Waals surface area contributed by atoms with Gasteiger partial charge in [0.1, 0.15) is 11.9 Å². The van der Waals surface area contributed by atoms with E-state index in [2.05, 4.69) is 8.86 Å². The van der Waals surface area contributed by atoms with Crippen molar-refractivity contribution in [1.82, 2.24) is 0 Å². The van der Waals surface area contributed by atoms with Gasteiger partial charge in [-0.3, -0.25) is 0 Å². The standard InChI is InChI=1S/C12H15O2P/c1-8-4-2-3-5-11(8)14-10-6-9(7-10)12(13)15/h2-5,9-10,13,15H,6-7H2,1H3. The molecule has 1 aromatic rings. The van der Waals surface area contributed by atoms with Crippen molar-refractivity contribution in [1.29, 1.82) is 0 Å². The number of benzene rings is 1. The van der Waals surface area contributed by atoms with E-state index >= 15 is 0 Å². The van der Waals surface area contributed by atoms with Gasteiger partial charge in [-0.2, -0.15) is 0 Å². The highest BCUT2D eigenvalue weighted by Gasteiger charge is 2.32. The summed E-state index contributed by atoms with van der Waals surface area (Å²) >= 11 is 0. The molecule has 1 aliphatic carbocycles. The largest absolute Gasteiger partial charge is 0.490 e. The van der Waals surface area contributed by atoms with Crippen LogP contribution in [0, 0.1) is 12.8 Å². The Bertz CT molecular complexity index is 370. The molecule has 0 unspecified atom stereocenters. The van der Waals surface area contributed by atoms with Gasteiger partial charge in [-0.05, 0) is 31.4 Å². The summed E-state index contributed by atoms with van der Waals surface area (Å²) in [6.45, 7) is 2.04. The summed E-state index contributed by atoms with van der Waals surface area (Å²) < 4.78 is 5.82. The predicted molar refractivity (Wildman–Crippen MR) is 63.6 cm³/mol. The van der Waals surface area contributed by atoms with Crippen molar-refractivity contribution in [2.24, 2.45) is 5.92 Å². The molecule has 0 aromatic heterocycles. The quantitative estimate of drug-likeness (QED) is 0.797. The molecule has 3 heteroatoms. The molecule has 0 amide bonds. The van der Waals surface area contributed by atoms with Gasteiger partial charge >= 0.3 is 0 Å². The molecule has 1 saturated carbocycles. The van der Waals surface area contributed by atoms with E-state index in [1.54, 1.807) is 0 Å². The van der Waals surface area contributed by atoms with Crippen LogP contribution in [0.1, 0.15) is 18.4 Å². The van der Waals surface area contributed by atoms with Gasteiger partial charge in [0.15, 0.2) is 0 Å². The second-order valence-corrected chi connectivity index (χ2v) is 4.57. The Morgan fingerprint density at radius 1 is 1.40 bits per heavy atom. The first-order valence-electron chi connectivity index (χ1n) is 5.16. The first-order chi connectivity index (χ1) is 7.16. The Balaban J connectivity index is 1.90. The van der Waals surface area contributed by atoms with Crippen LogP contribution in [-0.4, -0.2) is 16.7 Å². The van der Waals surface area contributed by atoms with Crippen LogP contribution >= 0.6 is 8.86 Å². The van der Waals surface area contributed by atoms with Gasteiger partial charge in [0.2, 0.25) is 0 Å². The van der Waals surface area contributed by atoms with E-state index in [1.165, 1.54) is 0 Å². The second kappa shape index (κ2) is 4.34. The van der Waals surface area contributed by atoms with E-state index in [-0.39, 0.29) is 12.0 Å². The fourth-order valence-electron chi connectivity index (χ4n) is 1.75. The highest BCUT2D eigenvalue weighted by molar-refractivity contribution is 7.20. The van der Waals surface area contributed by atoms with Gasteiger partial charge in [-0.1, -0.05) is 27.1 Å². The average molecular weight is 222 g/mol. The monoisotopic (exact) mass is 222 g/mol. The summed E-state index contributed by atoms with van der Waals surface area (Å²) in [5.74, 6) is 1.21. The van der Waals surface area contributed by atoms with Crippen LogP contribution in [0.25, 0.3) is 0 Å². The van der Waals surface area contributed by atoms with E-state index in [1.807, 2.05) is 31.2 Å². The number of aliphatic hydroxyl groups excluding tert-OH is 1. The molecule has 0 bridgehead atoms. The number of hydrogen-bond donors (Lipinski definition) is 1. The van der Waals surface area contributed by atoms with Crippen molar-refractivity contribution < 1.29 is 9.84 Å². The Morgan fingerprint density at radius 3 is 2.67 bits per heavy atom. The SMILES string of the molecule is Cc1ccccc1OC1CC(C(O)=P)C1. The van der Waals surface area contributed by atoms with Crippen LogP contribution in [0.2, 0.25) is 0 Å². The molecule has 15 heavy (non-hydrogen) atoms. The molecule has 0 aliphatic heterocycles. The summed E-state index contributed by atoms with van der Waals surface area (Å²) in [5, 5.41) is 9.19. The molecule has 1 aromatic carbocycles. The molecule has 1 fully saturated rings. The molecule has 0 atom stereocenters. The lowest BCUT2D eigenvalue weighted by Gasteiger charge is -2.34. The third kappa shape index (κ3) is 2.39. The van der Waals surface area contributed by atoms with Crippen molar-refractivity contribution in [3.05, 3.63) is 29.8 Å². The first-order valence-corrected chi connectivity index (χ1v) is 5.66. The van der Waals surface area contributed by atoms with Crippen LogP contribution in [0.5, 0.6) is 5.75 Å². The first kappa shape index (κ1) is 10.7. The van der Waals surface area contributed by atoms with Gasteiger partial charge in [-0.25, -0.2) is 0 Å². The number of rotatable bonds is 3. The average Bonchev–Trinajstić information content (AvgIpc) is 2.12. The Kier molecular flexibility index (Phi) is 3.08. The highest BCUT2D eigenvalue weighted by Crippen LogP contribution is 2.33. The normalized spacial score (nSPS) is 24.4. The Labute approximate surface area is 92.1 Å². The van der Waals surface area contributed by atoms with Crippen LogP contribution in [0.4, 0.5) is 0 Å². The molecule has 0 radical (unpaired) electrons. The van der Waals surface area contributed by atoms with E-state index < -0.39 is 0 Å². The minimum absolute atomic E-state index is 0.245.